The second-order valence-corrected chi connectivity index (χ2v) is 4.15. The van der Waals surface area contributed by atoms with E-state index in [1.807, 2.05) is 0 Å². The minimum absolute atomic E-state index is 0.208. The zero-order valence-corrected chi connectivity index (χ0v) is 10.7. The molecule has 0 aliphatic heterocycles. The molecular weight excluding hydrogens is 301 g/mol. The first-order chi connectivity index (χ1) is 9.31. The lowest BCUT2D eigenvalue weighted by Crippen LogP contribution is -2.64. The number of carboxylic acid groups (broad SMARTS) is 1. The molecule has 0 saturated heterocycles. The second-order valence-electron chi connectivity index (χ2n) is 4.15. The number of alkyl halides is 3. The maximum Gasteiger partial charge on any atom is 0.422 e. The molecule has 0 rings (SSSR count). The van der Waals surface area contributed by atoms with Gasteiger partial charge in [-0.05, 0) is 6.92 Å². The monoisotopic (exact) mass is 314 g/mol. The van der Waals surface area contributed by atoms with Crippen LogP contribution in [0.2, 0.25) is 0 Å². The average molecular weight is 314 g/mol. The zero-order valence-electron chi connectivity index (χ0n) is 10.7. The Hall–Kier alpha value is -2.53. The molecule has 6 N–H and O–H groups in total. The number of carbonyl (C=O) groups is 4. The highest BCUT2D eigenvalue weighted by atomic mass is 19.4. The van der Waals surface area contributed by atoms with E-state index in [2.05, 4.69) is 0 Å². The van der Waals surface area contributed by atoms with E-state index in [1.165, 1.54) is 5.32 Å². The Kier molecular flexibility index (Phi) is 5.52. The third kappa shape index (κ3) is 4.81. The minimum atomic E-state index is -5.32. The first-order valence-electron chi connectivity index (χ1n) is 5.25. The number of hydrogen-bond acceptors (Lipinski definition) is 4. The third-order valence-electron chi connectivity index (χ3n) is 2.33. The van der Waals surface area contributed by atoms with Crippen LogP contribution in [-0.2, 0) is 14.4 Å². The summed E-state index contributed by atoms with van der Waals surface area (Å²) in [4.78, 5) is 44.0. The van der Waals surface area contributed by atoms with Crippen molar-refractivity contribution in [1.82, 2.24) is 10.2 Å². The average Bonchev–Trinajstić information content (AvgIpc) is 2.24. The summed E-state index contributed by atoms with van der Waals surface area (Å²) in [5, 5.41) is 9.82. The van der Waals surface area contributed by atoms with Crippen LogP contribution in [-0.4, -0.2) is 58.6 Å². The van der Waals surface area contributed by atoms with E-state index in [9.17, 15) is 32.3 Å². The van der Waals surface area contributed by atoms with Crippen LogP contribution in [0.25, 0.3) is 0 Å². The van der Waals surface area contributed by atoms with E-state index in [4.69, 9.17) is 16.6 Å². The first-order valence-corrected chi connectivity index (χ1v) is 5.25. The normalized spacial score (nSPS) is 13.9. The molecule has 4 amide bonds. The summed E-state index contributed by atoms with van der Waals surface area (Å²) in [6, 6.07) is -1.63. The summed E-state index contributed by atoms with van der Waals surface area (Å²) in [7, 11) is 0. The number of nitrogens with two attached hydrogens (primary N) is 2. The predicted molar refractivity (Wildman–Crippen MR) is 60.6 cm³/mol. The van der Waals surface area contributed by atoms with Gasteiger partial charge < -0.3 is 26.8 Å². The molecule has 1 atom stereocenters. The van der Waals surface area contributed by atoms with Gasteiger partial charge in [0.15, 0.2) is 0 Å². The van der Waals surface area contributed by atoms with Gasteiger partial charge in [0.2, 0.25) is 17.4 Å². The van der Waals surface area contributed by atoms with Crippen LogP contribution in [0.1, 0.15) is 6.92 Å². The van der Waals surface area contributed by atoms with E-state index >= 15 is 0 Å². The number of urea groups is 1. The maximum atomic E-state index is 12.7. The molecule has 120 valence electrons. The van der Waals surface area contributed by atoms with Crippen molar-refractivity contribution in [1.29, 1.82) is 0 Å². The highest BCUT2D eigenvalue weighted by molar-refractivity contribution is 5.91. The van der Waals surface area contributed by atoms with E-state index in [1.54, 1.807) is 0 Å². The van der Waals surface area contributed by atoms with Crippen LogP contribution < -0.4 is 16.8 Å². The van der Waals surface area contributed by atoms with Crippen molar-refractivity contribution >= 4 is 23.8 Å². The van der Waals surface area contributed by atoms with Gasteiger partial charge in [0.05, 0.1) is 0 Å². The van der Waals surface area contributed by atoms with Crippen LogP contribution in [0.3, 0.4) is 0 Å². The van der Waals surface area contributed by atoms with Crippen molar-refractivity contribution in [3.05, 3.63) is 0 Å². The zero-order chi connectivity index (χ0) is 17.0. The molecule has 0 spiro atoms. The molecule has 0 aromatic rings. The Bertz CT molecular complexity index is 451. The molecule has 0 heterocycles. The molecule has 0 fully saturated rings. The highest BCUT2D eigenvalue weighted by Crippen LogP contribution is 2.30. The first kappa shape index (κ1) is 18.5. The largest absolute Gasteiger partial charge is 0.479 e. The maximum absolute atomic E-state index is 12.7. The lowest BCUT2D eigenvalue weighted by Gasteiger charge is -2.31. The van der Waals surface area contributed by atoms with Crippen molar-refractivity contribution in [3.63, 3.8) is 0 Å². The fourth-order valence-corrected chi connectivity index (χ4v) is 1.11. The van der Waals surface area contributed by atoms with Crippen molar-refractivity contribution in [2.75, 3.05) is 13.1 Å². The molecule has 0 aromatic heterocycles. The van der Waals surface area contributed by atoms with Crippen LogP contribution >= 0.6 is 0 Å². The summed E-state index contributed by atoms with van der Waals surface area (Å²) < 4.78 is 38.1. The van der Waals surface area contributed by atoms with Gasteiger partial charge in [-0.1, -0.05) is 0 Å². The summed E-state index contributed by atoms with van der Waals surface area (Å²) in [5.74, 6) is -4.63. The minimum Gasteiger partial charge on any atom is -0.479 e. The molecule has 0 bridgehead atoms. The third-order valence-corrected chi connectivity index (χ3v) is 2.33. The Morgan fingerprint density at radius 1 is 1.10 bits per heavy atom. The van der Waals surface area contributed by atoms with E-state index < -0.39 is 48.6 Å². The molecule has 12 heteroatoms. The number of amides is 4. The summed E-state index contributed by atoms with van der Waals surface area (Å²) in [5.41, 5.74) is 5.92. The van der Waals surface area contributed by atoms with Crippen molar-refractivity contribution in [2.45, 2.75) is 18.6 Å². The van der Waals surface area contributed by atoms with Crippen LogP contribution in [0.5, 0.6) is 0 Å². The standard InChI is InChI=1S/C9H13F3N4O5/c1-8(6(19)20,9(10,11)12)15-7(21)16(2-4(13)17)3-5(14)18/h2-3H2,1H3,(H2,13,17)(H2,14,18)(H,15,21)(H,19,20). The molecular formula is C9H13F3N4O5. The quantitative estimate of drug-likeness (QED) is 0.463. The number of primary amides is 2. The van der Waals surface area contributed by atoms with Gasteiger partial charge in [0.25, 0.3) is 0 Å². The fraction of sp³-hybridized carbons (Fsp3) is 0.556. The number of nitrogens with zero attached hydrogens (tertiary/aromatic N) is 1. The van der Waals surface area contributed by atoms with Gasteiger partial charge >= 0.3 is 18.2 Å². The summed E-state index contributed by atoms with van der Waals surface area (Å²) >= 11 is 0. The molecule has 0 saturated carbocycles. The van der Waals surface area contributed by atoms with E-state index in [-0.39, 0.29) is 11.8 Å². The molecule has 0 aromatic carbocycles. The van der Waals surface area contributed by atoms with Gasteiger partial charge in [-0.25, -0.2) is 9.59 Å². The fourth-order valence-electron chi connectivity index (χ4n) is 1.11. The smallest absolute Gasteiger partial charge is 0.422 e. The van der Waals surface area contributed by atoms with Crippen LogP contribution in [0, 0.1) is 0 Å². The molecule has 0 aliphatic rings. The lowest BCUT2D eigenvalue weighted by atomic mass is 10.0. The number of carboxylic acids is 1. The topological polar surface area (TPSA) is 156 Å². The number of rotatable bonds is 6. The van der Waals surface area contributed by atoms with Gasteiger partial charge in [0.1, 0.15) is 13.1 Å². The van der Waals surface area contributed by atoms with Gasteiger partial charge in [-0.2, -0.15) is 13.2 Å². The summed E-state index contributed by atoms with van der Waals surface area (Å²) in [6.07, 6.45) is -5.32. The van der Waals surface area contributed by atoms with Gasteiger partial charge in [-0.3, -0.25) is 9.59 Å². The molecule has 21 heavy (non-hydrogen) atoms. The highest BCUT2D eigenvalue weighted by Gasteiger charge is 2.58. The predicted octanol–water partition coefficient (Wildman–Crippen LogP) is -1.63. The number of carbonyl (C=O) groups excluding carboxylic acids is 3. The van der Waals surface area contributed by atoms with Gasteiger partial charge in [0, 0.05) is 0 Å². The summed E-state index contributed by atoms with van der Waals surface area (Å²) in [6.45, 7) is -1.62. The second kappa shape index (κ2) is 6.28. The Morgan fingerprint density at radius 3 is 1.71 bits per heavy atom. The van der Waals surface area contributed by atoms with Crippen LogP contribution in [0.4, 0.5) is 18.0 Å². The number of nitrogens with one attached hydrogen (secondary N) is 1. The van der Waals surface area contributed by atoms with Crippen molar-refractivity contribution in [3.8, 4) is 0 Å². The van der Waals surface area contributed by atoms with Crippen LogP contribution in [0.15, 0.2) is 0 Å². The molecule has 0 aliphatic carbocycles. The Morgan fingerprint density at radius 2 is 1.48 bits per heavy atom. The molecule has 9 nitrogen and oxygen atoms in total. The number of aliphatic carboxylic acids is 1. The van der Waals surface area contributed by atoms with Crippen molar-refractivity contribution in [2.24, 2.45) is 11.5 Å². The SMILES string of the molecule is CC(NC(=O)N(CC(N)=O)CC(N)=O)(C(=O)O)C(F)(F)F. The number of hydrogen-bond donors (Lipinski definition) is 4. The van der Waals surface area contributed by atoms with Crippen molar-refractivity contribution < 1.29 is 37.5 Å². The number of halogens is 3. The van der Waals surface area contributed by atoms with Gasteiger partial charge in [-0.15, -0.1) is 0 Å². The Balaban J connectivity index is 5.31. The lowest BCUT2D eigenvalue weighted by molar-refractivity contribution is -0.203. The molecule has 0 radical (unpaired) electrons. The Labute approximate surface area is 116 Å². The van der Waals surface area contributed by atoms with E-state index in [0.29, 0.717) is 0 Å². The van der Waals surface area contributed by atoms with E-state index in [0.717, 1.165) is 0 Å². The molecule has 1 unspecified atom stereocenters.